The predicted octanol–water partition coefficient (Wildman–Crippen LogP) is 4.84. The molecule has 0 bridgehead atoms. The third-order valence-corrected chi connectivity index (χ3v) is 5.56. The number of hydrogen-bond acceptors (Lipinski definition) is 2. The van der Waals surface area contributed by atoms with Crippen LogP contribution in [-0.2, 0) is 17.6 Å². The molecule has 3 aromatic rings. The molecule has 0 saturated heterocycles. The number of nitrogens with zero attached hydrogens (tertiary/aromatic N) is 1. The fraction of sp³-hybridized carbons (Fsp3) is 0.240. The number of benzene rings is 3. The van der Waals surface area contributed by atoms with Crippen molar-refractivity contribution in [2.24, 2.45) is 0 Å². The van der Waals surface area contributed by atoms with E-state index in [1.807, 2.05) is 43.4 Å². The maximum absolute atomic E-state index is 12.7. The normalized spacial score (nSPS) is 15.4. The lowest BCUT2D eigenvalue weighted by Crippen LogP contribution is -2.32. The van der Waals surface area contributed by atoms with Gasteiger partial charge in [0.05, 0.1) is 6.54 Å². The van der Waals surface area contributed by atoms with E-state index in [-0.39, 0.29) is 5.91 Å². The van der Waals surface area contributed by atoms with E-state index in [1.165, 1.54) is 16.7 Å². The molecule has 3 nitrogen and oxygen atoms in total. The van der Waals surface area contributed by atoms with Gasteiger partial charge in [0.25, 0.3) is 0 Å². The quantitative estimate of drug-likeness (QED) is 0.674. The number of nitrogens with one attached hydrogen (secondary N) is 1. The molecule has 0 spiro atoms. The first-order valence-electron chi connectivity index (χ1n) is 9.90. The third kappa shape index (κ3) is 4.15. The summed E-state index contributed by atoms with van der Waals surface area (Å²) in [5, 5.41) is 3.13. The van der Waals surface area contributed by atoms with Gasteiger partial charge in [-0.05, 0) is 54.6 Å². The molecular weight excluding hydrogens is 344 g/mol. The van der Waals surface area contributed by atoms with Crippen molar-refractivity contribution in [3.63, 3.8) is 0 Å². The highest BCUT2D eigenvalue weighted by atomic mass is 16.2. The average Bonchev–Trinajstić information content (AvgIpc) is 3.14. The van der Waals surface area contributed by atoms with Crippen molar-refractivity contribution in [2.45, 2.75) is 25.3 Å². The maximum Gasteiger partial charge on any atom is 0.238 e. The van der Waals surface area contributed by atoms with Crippen molar-refractivity contribution in [1.29, 1.82) is 0 Å². The minimum absolute atomic E-state index is 0.0346. The van der Waals surface area contributed by atoms with Crippen LogP contribution in [0, 0.1) is 0 Å². The fourth-order valence-electron chi connectivity index (χ4n) is 4.13. The standard InChI is InChI=1S/C25H26N2O/c1-27(24-16-15-20-11-5-7-13-22(20)24)18-25(28)26-23-14-8-6-12-21(23)17-19-9-3-2-4-10-19/h2-14,24H,15-18H2,1H3,(H,26,28). The van der Waals surface area contributed by atoms with Crippen LogP contribution in [0.5, 0.6) is 0 Å². The highest BCUT2D eigenvalue weighted by molar-refractivity contribution is 5.93. The van der Waals surface area contributed by atoms with Crippen LogP contribution in [0.2, 0.25) is 0 Å². The van der Waals surface area contributed by atoms with Crippen molar-refractivity contribution >= 4 is 11.6 Å². The van der Waals surface area contributed by atoms with Crippen LogP contribution in [0.25, 0.3) is 0 Å². The van der Waals surface area contributed by atoms with E-state index in [1.54, 1.807) is 0 Å². The molecule has 0 saturated carbocycles. The van der Waals surface area contributed by atoms with Gasteiger partial charge in [-0.1, -0.05) is 72.8 Å². The second-order valence-corrected chi connectivity index (χ2v) is 7.54. The summed E-state index contributed by atoms with van der Waals surface area (Å²) in [7, 11) is 2.04. The molecule has 142 valence electrons. The number of amides is 1. The van der Waals surface area contributed by atoms with Crippen molar-refractivity contribution < 1.29 is 4.79 Å². The zero-order valence-corrected chi connectivity index (χ0v) is 16.3. The molecule has 28 heavy (non-hydrogen) atoms. The first-order valence-corrected chi connectivity index (χ1v) is 9.90. The Bertz CT molecular complexity index is 952. The molecule has 0 aliphatic heterocycles. The van der Waals surface area contributed by atoms with E-state index < -0.39 is 0 Å². The SMILES string of the molecule is CN(CC(=O)Nc1ccccc1Cc1ccccc1)C1CCc2ccccc21. The van der Waals surface area contributed by atoms with Crippen LogP contribution >= 0.6 is 0 Å². The highest BCUT2D eigenvalue weighted by Crippen LogP contribution is 2.34. The zero-order valence-electron chi connectivity index (χ0n) is 16.3. The van der Waals surface area contributed by atoms with Gasteiger partial charge >= 0.3 is 0 Å². The Kier molecular flexibility index (Phi) is 5.54. The first kappa shape index (κ1) is 18.5. The molecule has 0 radical (unpaired) electrons. The highest BCUT2D eigenvalue weighted by Gasteiger charge is 2.26. The predicted molar refractivity (Wildman–Crippen MR) is 114 cm³/mol. The molecule has 1 unspecified atom stereocenters. The molecule has 3 heteroatoms. The van der Waals surface area contributed by atoms with Crippen LogP contribution in [0.3, 0.4) is 0 Å². The summed E-state index contributed by atoms with van der Waals surface area (Å²) < 4.78 is 0. The van der Waals surface area contributed by atoms with Crippen LogP contribution < -0.4 is 5.32 Å². The number of anilines is 1. The number of carbonyl (C=O) groups is 1. The van der Waals surface area contributed by atoms with Crippen molar-refractivity contribution in [2.75, 3.05) is 18.9 Å². The number of likely N-dealkylation sites (N-methyl/N-ethyl adjacent to an activating group) is 1. The molecule has 3 aromatic carbocycles. The lowest BCUT2D eigenvalue weighted by molar-refractivity contribution is -0.117. The van der Waals surface area contributed by atoms with Gasteiger partial charge in [0.15, 0.2) is 0 Å². The molecule has 1 aliphatic carbocycles. The summed E-state index contributed by atoms with van der Waals surface area (Å²) in [5.74, 6) is 0.0346. The monoisotopic (exact) mass is 370 g/mol. The van der Waals surface area contributed by atoms with Gasteiger partial charge in [-0.25, -0.2) is 0 Å². The first-order chi connectivity index (χ1) is 13.7. The summed E-state index contributed by atoms with van der Waals surface area (Å²) in [4.78, 5) is 14.9. The molecule has 0 heterocycles. The molecule has 1 aliphatic rings. The van der Waals surface area contributed by atoms with E-state index in [4.69, 9.17) is 0 Å². The minimum Gasteiger partial charge on any atom is -0.325 e. The molecule has 1 atom stereocenters. The number of aryl methyl sites for hydroxylation is 1. The summed E-state index contributed by atoms with van der Waals surface area (Å²) in [6, 6.07) is 27.3. The average molecular weight is 370 g/mol. The Hall–Kier alpha value is -2.91. The minimum atomic E-state index is 0.0346. The molecular formula is C25H26N2O. The summed E-state index contributed by atoms with van der Waals surface area (Å²) >= 11 is 0. The van der Waals surface area contributed by atoms with Crippen LogP contribution in [0.15, 0.2) is 78.9 Å². The van der Waals surface area contributed by atoms with Crippen molar-refractivity contribution in [1.82, 2.24) is 4.90 Å². The van der Waals surface area contributed by atoms with Crippen molar-refractivity contribution in [3.8, 4) is 0 Å². The van der Waals surface area contributed by atoms with E-state index in [9.17, 15) is 4.79 Å². The largest absolute Gasteiger partial charge is 0.325 e. The Labute approximate surface area is 167 Å². The molecule has 1 N–H and O–H groups in total. The van der Waals surface area contributed by atoms with Crippen LogP contribution in [0.4, 0.5) is 5.69 Å². The smallest absolute Gasteiger partial charge is 0.238 e. The Balaban J connectivity index is 1.42. The third-order valence-electron chi connectivity index (χ3n) is 5.56. The van der Waals surface area contributed by atoms with Gasteiger partial charge in [-0.15, -0.1) is 0 Å². The van der Waals surface area contributed by atoms with Crippen molar-refractivity contribution in [3.05, 3.63) is 101 Å². The van der Waals surface area contributed by atoms with Gasteiger partial charge in [-0.3, -0.25) is 9.69 Å². The second-order valence-electron chi connectivity index (χ2n) is 7.54. The van der Waals surface area contributed by atoms with Crippen LogP contribution in [-0.4, -0.2) is 24.4 Å². The Morgan fingerprint density at radius 2 is 1.68 bits per heavy atom. The lowest BCUT2D eigenvalue weighted by Gasteiger charge is -2.25. The zero-order chi connectivity index (χ0) is 19.3. The number of carbonyl (C=O) groups excluding carboxylic acids is 1. The van der Waals surface area contributed by atoms with Gasteiger partial charge in [-0.2, -0.15) is 0 Å². The Morgan fingerprint density at radius 1 is 0.964 bits per heavy atom. The number of fused-ring (bicyclic) bond motifs is 1. The number of hydrogen-bond donors (Lipinski definition) is 1. The van der Waals surface area contributed by atoms with E-state index in [0.29, 0.717) is 12.6 Å². The fourth-order valence-corrected chi connectivity index (χ4v) is 4.13. The second kappa shape index (κ2) is 8.41. The summed E-state index contributed by atoms with van der Waals surface area (Å²) in [6.45, 7) is 0.388. The van der Waals surface area contributed by atoms with Gasteiger partial charge in [0.1, 0.15) is 0 Å². The molecule has 0 aromatic heterocycles. The molecule has 0 fully saturated rings. The van der Waals surface area contributed by atoms with Gasteiger partial charge in [0.2, 0.25) is 5.91 Å². The van der Waals surface area contributed by atoms with E-state index >= 15 is 0 Å². The Morgan fingerprint density at radius 3 is 2.54 bits per heavy atom. The summed E-state index contributed by atoms with van der Waals surface area (Å²) in [6.07, 6.45) is 2.98. The number of rotatable bonds is 6. The maximum atomic E-state index is 12.7. The van der Waals surface area contributed by atoms with Gasteiger partial charge < -0.3 is 5.32 Å². The number of para-hydroxylation sites is 1. The van der Waals surface area contributed by atoms with E-state index in [0.717, 1.165) is 30.5 Å². The molecule has 1 amide bonds. The van der Waals surface area contributed by atoms with Gasteiger partial charge in [0, 0.05) is 11.7 Å². The lowest BCUT2D eigenvalue weighted by atomic mass is 10.0. The summed E-state index contributed by atoms with van der Waals surface area (Å²) in [5.41, 5.74) is 6.05. The van der Waals surface area contributed by atoms with E-state index in [2.05, 4.69) is 52.7 Å². The topological polar surface area (TPSA) is 32.3 Å². The molecule has 4 rings (SSSR count). The van der Waals surface area contributed by atoms with Crippen LogP contribution in [0.1, 0.15) is 34.7 Å².